The second-order valence-electron chi connectivity index (χ2n) is 5.84. The van der Waals surface area contributed by atoms with Gasteiger partial charge in [0.1, 0.15) is 0 Å². The SMILES string of the molecule is CCCc1sc(NC(=O)c2ccccc2Cl)nc1-c1ccc(C)cc1. The predicted octanol–water partition coefficient (Wildman–Crippen LogP) is 5.98. The molecule has 0 saturated carbocycles. The van der Waals surface area contributed by atoms with Gasteiger partial charge in [0.15, 0.2) is 5.13 Å². The molecule has 3 aromatic rings. The highest BCUT2D eigenvalue weighted by atomic mass is 35.5. The molecule has 0 unspecified atom stereocenters. The van der Waals surface area contributed by atoms with Gasteiger partial charge >= 0.3 is 0 Å². The van der Waals surface area contributed by atoms with E-state index < -0.39 is 0 Å². The van der Waals surface area contributed by atoms with Crippen molar-refractivity contribution in [1.29, 1.82) is 0 Å². The molecule has 0 aliphatic rings. The first-order valence-corrected chi connectivity index (χ1v) is 9.40. The number of carbonyl (C=O) groups is 1. The predicted molar refractivity (Wildman–Crippen MR) is 106 cm³/mol. The maximum atomic E-state index is 12.5. The van der Waals surface area contributed by atoms with Gasteiger partial charge in [0.05, 0.1) is 16.3 Å². The van der Waals surface area contributed by atoms with Gasteiger partial charge in [-0.05, 0) is 25.5 Å². The van der Waals surface area contributed by atoms with E-state index in [1.807, 2.05) is 0 Å². The number of nitrogens with one attached hydrogen (secondary N) is 1. The Kier molecular flexibility index (Phi) is 5.51. The fourth-order valence-corrected chi connectivity index (χ4v) is 3.85. The summed E-state index contributed by atoms with van der Waals surface area (Å²) < 4.78 is 0. The van der Waals surface area contributed by atoms with Crippen molar-refractivity contribution in [3.05, 3.63) is 69.6 Å². The molecular formula is C20H19ClN2OS. The Balaban J connectivity index is 1.90. The van der Waals surface area contributed by atoms with Crippen LogP contribution in [-0.4, -0.2) is 10.9 Å². The molecule has 0 aliphatic heterocycles. The lowest BCUT2D eigenvalue weighted by molar-refractivity contribution is 0.102. The first-order valence-electron chi connectivity index (χ1n) is 8.21. The second kappa shape index (κ2) is 7.81. The van der Waals surface area contributed by atoms with Crippen LogP contribution in [0.25, 0.3) is 11.3 Å². The molecule has 2 aromatic carbocycles. The third-order valence-corrected chi connectivity index (χ3v) is 5.20. The minimum absolute atomic E-state index is 0.238. The summed E-state index contributed by atoms with van der Waals surface area (Å²) in [5, 5.41) is 3.92. The van der Waals surface area contributed by atoms with E-state index in [4.69, 9.17) is 11.6 Å². The second-order valence-corrected chi connectivity index (χ2v) is 7.33. The summed E-state index contributed by atoms with van der Waals surface area (Å²) in [7, 11) is 0. The molecule has 0 saturated heterocycles. The quantitative estimate of drug-likeness (QED) is 0.600. The highest BCUT2D eigenvalue weighted by Crippen LogP contribution is 2.32. The molecule has 0 atom stereocenters. The van der Waals surface area contributed by atoms with E-state index in [1.165, 1.54) is 21.8 Å². The molecule has 1 heterocycles. The highest BCUT2D eigenvalue weighted by Gasteiger charge is 2.16. The van der Waals surface area contributed by atoms with Gasteiger partial charge in [-0.25, -0.2) is 4.98 Å². The van der Waals surface area contributed by atoms with Crippen LogP contribution in [0.15, 0.2) is 48.5 Å². The van der Waals surface area contributed by atoms with Crippen LogP contribution < -0.4 is 5.32 Å². The Morgan fingerprint density at radius 1 is 1.16 bits per heavy atom. The van der Waals surface area contributed by atoms with E-state index >= 15 is 0 Å². The summed E-state index contributed by atoms with van der Waals surface area (Å²) in [6.45, 7) is 4.20. The Hall–Kier alpha value is -2.17. The van der Waals surface area contributed by atoms with Crippen LogP contribution in [-0.2, 0) is 6.42 Å². The van der Waals surface area contributed by atoms with Crippen molar-refractivity contribution in [3.63, 3.8) is 0 Å². The zero-order chi connectivity index (χ0) is 17.8. The third-order valence-electron chi connectivity index (χ3n) is 3.84. The normalized spacial score (nSPS) is 10.7. The van der Waals surface area contributed by atoms with E-state index in [0.29, 0.717) is 15.7 Å². The summed E-state index contributed by atoms with van der Waals surface area (Å²) in [5.74, 6) is -0.238. The molecule has 0 radical (unpaired) electrons. The molecule has 3 nitrogen and oxygen atoms in total. The number of rotatable bonds is 5. The summed E-state index contributed by atoms with van der Waals surface area (Å²) >= 11 is 7.63. The van der Waals surface area contributed by atoms with Crippen LogP contribution in [0.5, 0.6) is 0 Å². The summed E-state index contributed by atoms with van der Waals surface area (Å²) in [5.41, 5.74) is 3.68. The molecule has 1 amide bonds. The van der Waals surface area contributed by atoms with E-state index in [9.17, 15) is 4.79 Å². The van der Waals surface area contributed by atoms with Crippen molar-refractivity contribution in [3.8, 4) is 11.3 Å². The third kappa shape index (κ3) is 4.09. The van der Waals surface area contributed by atoms with Crippen molar-refractivity contribution < 1.29 is 4.79 Å². The zero-order valence-corrected chi connectivity index (χ0v) is 15.7. The minimum Gasteiger partial charge on any atom is -0.298 e. The Morgan fingerprint density at radius 2 is 1.88 bits per heavy atom. The van der Waals surface area contributed by atoms with E-state index in [-0.39, 0.29) is 5.91 Å². The summed E-state index contributed by atoms with van der Waals surface area (Å²) in [4.78, 5) is 18.3. The lowest BCUT2D eigenvalue weighted by Crippen LogP contribution is -2.12. The number of halogens is 1. The van der Waals surface area contributed by atoms with Gasteiger partial charge in [-0.2, -0.15) is 0 Å². The lowest BCUT2D eigenvalue weighted by Gasteiger charge is -2.03. The topological polar surface area (TPSA) is 42.0 Å². The highest BCUT2D eigenvalue weighted by molar-refractivity contribution is 7.16. The molecule has 5 heteroatoms. The smallest absolute Gasteiger partial charge is 0.258 e. The number of nitrogens with zero attached hydrogens (tertiary/aromatic N) is 1. The molecular weight excluding hydrogens is 352 g/mol. The lowest BCUT2D eigenvalue weighted by atomic mass is 10.1. The number of carbonyl (C=O) groups excluding carboxylic acids is 1. The van der Waals surface area contributed by atoms with Crippen LogP contribution in [0.3, 0.4) is 0 Å². The molecule has 1 N–H and O–H groups in total. The van der Waals surface area contributed by atoms with Gasteiger partial charge in [-0.15, -0.1) is 11.3 Å². The van der Waals surface area contributed by atoms with Crippen molar-refractivity contribution in [2.24, 2.45) is 0 Å². The van der Waals surface area contributed by atoms with Crippen LogP contribution in [0, 0.1) is 6.92 Å². The Morgan fingerprint density at radius 3 is 2.56 bits per heavy atom. The van der Waals surface area contributed by atoms with E-state index in [2.05, 4.69) is 48.4 Å². The van der Waals surface area contributed by atoms with E-state index in [1.54, 1.807) is 24.3 Å². The molecule has 0 spiro atoms. The van der Waals surface area contributed by atoms with Crippen molar-refractivity contribution in [2.45, 2.75) is 26.7 Å². The fraction of sp³-hybridized carbons (Fsp3) is 0.200. The molecule has 0 bridgehead atoms. The maximum Gasteiger partial charge on any atom is 0.258 e. The number of thiazole rings is 1. The van der Waals surface area contributed by atoms with Gasteiger partial charge < -0.3 is 0 Å². The van der Waals surface area contributed by atoms with Crippen LogP contribution in [0.1, 0.15) is 34.1 Å². The maximum absolute atomic E-state index is 12.5. The number of hydrogen-bond donors (Lipinski definition) is 1. The van der Waals surface area contributed by atoms with Crippen LogP contribution in [0.4, 0.5) is 5.13 Å². The monoisotopic (exact) mass is 370 g/mol. The largest absolute Gasteiger partial charge is 0.298 e. The Bertz CT molecular complexity index is 887. The number of aromatic nitrogens is 1. The van der Waals surface area contributed by atoms with Crippen LogP contribution >= 0.6 is 22.9 Å². The summed E-state index contributed by atoms with van der Waals surface area (Å²) in [6.07, 6.45) is 1.96. The standard InChI is InChI=1S/C20H19ClN2OS/c1-3-6-17-18(14-11-9-13(2)10-12-14)22-20(25-17)23-19(24)15-7-4-5-8-16(15)21/h4-5,7-12H,3,6H2,1-2H3,(H,22,23,24). The fourth-order valence-electron chi connectivity index (χ4n) is 2.55. The molecule has 3 rings (SSSR count). The number of amides is 1. The number of aryl methyl sites for hydroxylation is 2. The number of benzene rings is 2. The number of hydrogen-bond acceptors (Lipinski definition) is 3. The van der Waals surface area contributed by atoms with Gasteiger partial charge in [-0.1, -0.05) is 66.9 Å². The summed E-state index contributed by atoms with van der Waals surface area (Å²) in [6, 6.07) is 15.3. The molecule has 25 heavy (non-hydrogen) atoms. The first kappa shape index (κ1) is 17.6. The van der Waals surface area contributed by atoms with Crippen molar-refractivity contribution in [1.82, 2.24) is 4.98 Å². The zero-order valence-electron chi connectivity index (χ0n) is 14.2. The van der Waals surface area contributed by atoms with Crippen molar-refractivity contribution >= 4 is 34.0 Å². The molecule has 1 aromatic heterocycles. The van der Waals surface area contributed by atoms with Gasteiger partial charge in [0, 0.05) is 10.4 Å². The van der Waals surface area contributed by atoms with Gasteiger partial charge in [0.25, 0.3) is 5.91 Å². The minimum atomic E-state index is -0.238. The van der Waals surface area contributed by atoms with Crippen molar-refractivity contribution in [2.75, 3.05) is 5.32 Å². The molecule has 0 fully saturated rings. The first-order chi connectivity index (χ1) is 12.1. The van der Waals surface area contributed by atoms with Crippen LogP contribution in [0.2, 0.25) is 5.02 Å². The van der Waals surface area contributed by atoms with Gasteiger partial charge in [0.2, 0.25) is 0 Å². The average molecular weight is 371 g/mol. The van der Waals surface area contributed by atoms with E-state index in [0.717, 1.165) is 24.1 Å². The molecule has 0 aliphatic carbocycles. The number of anilines is 1. The average Bonchev–Trinajstić information content (AvgIpc) is 2.98. The Labute approximate surface area is 156 Å². The molecule has 128 valence electrons. The van der Waals surface area contributed by atoms with Gasteiger partial charge in [-0.3, -0.25) is 10.1 Å².